The maximum absolute atomic E-state index is 4.59. The van der Waals surface area contributed by atoms with Gasteiger partial charge in [-0.15, -0.1) is 22.7 Å². The Labute approximate surface area is 130 Å². The van der Waals surface area contributed by atoms with E-state index < -0.39 is 0 Å². The van der Waals surface area contributed by atoms with E-state index in [1.165, 1.54) is 4.88 Å². The Morgan fingerprint density at radius 2 is 2.14 bits per heavy atom. The van der Waals surface area contributed by atoms with E-state index in [-0.39, 0.29) is 0 Å². The average Bonchev–Trinajstić information content (AvgIpc) is 3.05. The SMILES string of the molecule is Cc1ccc(C=Nn2c(C)csc2=Nc2cccnc2)s1. The smallest absolute Gasteiger partial charge is 0.211 e. The number of aryl methyl sites for hydroxylation is 2. The van der Waals surface area contributed by atoms with E-state index in [0.29, 0.717) is 0 Å². The molecule has 0 aliphatic rings. The summed E-state index contributed by atoms with van der Waals surface area (Å²) in [5.74, 6) is 0. The second-order valence-corrected chi connectivity index (χ2v) is 6.64. The van der Waals surface area contributed by atoms with E-state index in [9.17, 15) is 0 Å². The lowest BCUT2D eigenvalue weighted by atomic mass is 10.4. The lowest BCUT2D eigenvalue weighted by molar-refractivity contribution is 0.810. The van der Waals surface area contributed by atoms with Crippen LogP contribution in [0.4, 0.5) is 5.69 Å². The fraction of sp³-hybridized carbons (Fsp3) is 0.133. The Balaban J connectivity index is 1.98. The van der Waals surface area contributed by atoms with Gasteiger partial charge < -0.3 is 0 Å². The molecule has 0 aliphatic carbocycles. The van der Waals surface area contributed by atoms with Crippen LogP contribution in [0.1, 0.15) is 15.4 Å². The highest BCUT2D eigenvalue weighted by molar-refractivity contribution is 7.13. The van der Waals surface area contributed by atoms with Crippen molar-refractivity contribution in [2.24, 2.45) is 10.1 Å². The van der Waals surface area contributed by atoms with Crippen molar-refractivity contribution in [1.29, 1.82) is 0 Å². The van der Waals surface area contributed by atoms with Gasteiger partial charge >= 0.3 is 0 Å². The summed E-state index contributed by atoms with van der Waals surface area (Å²) < 4.78 is 1.85. The maximum Gasteiger partial charge on any atom is 0.211 e. The maximum atomic E-state index is 4.59. The van der Waals surface area contributed by atoms with Crippen molar-refractivity contribution in [1.82, 2.24) is 9.66 Å². The highest BCUT2D eigenvalue weighted by Gasteiger charge is 2.00. The molecule has 3 heterocycles. The number of thiophene rings is 1. The number of nitrogens with zero attached hydrogens (tertiary/aromatic N) is 4. The molecule has 0 unspecified atom stereocenters. The molecule has 21 heavy (non-hydrogen) atoms. The lowest BCUT2D eigenvalue weighted by Gasteiger charge is -1.97. The molecule has 0 atom stereocenters. The standard InChI is InChI=1S/C15H14N4S2/c1-11-10-20-15(18-13-4-3-7-16-8-13)19(11)17-9-14-6-5-12(2)21-14/h3-10H,1-2H3. The Kier molecular flexibility index (Phi) is 4.08. The molecule has 0 radical (unpaired) electrons. The first-order valence-corrected chi connectivity index (χ1v) is 8.15. The van der Waals surface area contributed by atoms with E-state index in [2.05, 4.69) is 34.1 Å². The highest BCUT2D eigenvalue weighted by Crippen LogP contribution is 2.13. The number of aromatic nitrogens is 2. The Hall–Kier alpha value is -2.05. The Bertz CT molecular complexity index is 825. The minimum atomic E-state index is 0.829. The van der Waals surface area contributed by atoms with Crippen LogP contribution in [0.3, 0.4) is 0 Å². The Morgan fingerprint density at radius 3 is 2.86 bits per heavy atom. The molecular weight excluding hydrogens is 300 g/mol. The number of hydrogen-bond donors (Lipinski definition) is 0. The zero-order chi connectivity index (χ0) is 14.7. The van der Waals surface area contributed by atoms with Crippen molar-refractivity contribution in [3.05, 3.63) is 62.3 Å². The van der Waals surface area contributed by atoms with Crippen LogP contribution in [-0.2, 0) is 0 Å². The van der Waals surface area contributed by atoms with Gasteiger partial charge in [-0.2, -0.15) is 5.10 Å². The van der Waals surface area contributed by atoms with Crippen LogP contribution in [0.5, 0.6) is 0 Å². The summed E-state index contributed by atoms with van der Waals surface area (Å²) in [4.78, 5) is 11.9. The van der Waals surface area contributed by atoms with E-state index in [1.807, 2.05) is 35.3 Å². The molecule has 0 N–H and O–H groups in total. The summed E-state index contributed by atoms with van der Waals surface area (Å²) in [5.41, 5.74) is 1.89. The molecule has 0 saturated carbocycles. The molecule has 4 nitrogen and oxygen atoms in total. The topological polar surface area (TPSA) is 42.5 Å². The normalized spacial score (nSPS) is 12.4. The summed E-state index contributed by atoms with van der Waals surface area (Å²) in [6, 6.07) is 7.97. The first-order chi connectivity index (χ1) is 10.2. The van der Waals surface area contributed by atoms with Crippen molar-refractivity contribution in [3.63, 3.8) is 0 Å². The van der Waals surface area contributed by atoms with Crippen molar-refractivity contribution < 1.29 is 0 Å². The minimum absolute atomic E-state index is 0.829. The minimum Gasteiger partial charge on any atom is -0.262 e. The molecule has 106 valence electrons. The third-order valence-electron chi connectivity index (χ3n) is 2.78. The first kappa shape index (κ1) is 13.9. The van der Waals surface area contributed by atoms with Crippen LogP contribution in [0.15, 0.2) is 52.1 Å². The largest absolute Gasteiger partial charge is 0.262 e. The van der Waals surface area contributed by atoms with E-state index in [4.69, 9.17) is 0 Å². The molecule has 0 aromatic carbocycles. The van der Waals surface area contributed by atoms with Gasteiger partial charge in [0.15, 0.2) is 0 Å². The lowest BCUT2D eigenvalue weighted by Crippen LogP contribution is -2.11. The van der Waals surface area contributed by atoms with Crippen LogP contribution < -0.4 is 4.80 Å². The van der Waals surface area contributed by atoms with Crippen molar-refractivity contribution >= 4 is 34.6 Å². The van der Waals surface area contributed by atoms with E-state index in [0.717, 1.165) is 21.1 Å². The third-order valence-corrected chi connectivity index (χ3v) is 4.65. The molecule has 0 spiro atoms. The van der Waals surface area contributed by atoms with Crippen LogP contribution in [-0.4, -0.2) is 15.9 Å². The summed E-state index contributed by atoms with van der Waals surface area (Å²) in [7, 11) is 0. The molecular formula is C15H14N4S2. The van der Waals surface area contributed by atoms with Crippen LogP contribution in [0.2, 0.25) is 0 Å². The van der Waals surface area contributed by atoms with Crippen LogP contribution >= 0.6 is 22.7 Å². The van der Waals surface area contributed by atoms with Crippen molar-refractivity contribution in [3.8, 4) is 0 Å². The molecule has 3 rings (SSSR count). The molecule has 0 bridgehead atoms. The van der Waals surface area contributed by atoms with Gasteiger partial charge in [-0.1, -0.05) is 0 Å². The predicted molar refractivity (Wildman–Crippen MR) is 88.6 cm³/mol. The summed E-state index contributed by atoms with van der Waals surface area (Å²) >= 11 is 3.29. The molecule has 0 aliphatic heterocycles. The summed E-state index contributed by atoms with van der Waals surface area (Å²) in [5, 5.41) is 6.59. The van der Waals surface area contributed by atoms with Gasteiger partial charge in [-0.3, -0.25) is 4.98 Å². The monoisotopic (exact) mass is 314 g/mol. The van der Waals surface area contributed by atoms with Crippen molar-refractivity contribution in [2.45, 2.75) is 13.8 Å². The third kappa shape index (κ3) is 3.34. The number of rotatable bonds is 3. The Morgan fingerprint density at radius 1 is 1.24 bits per heavy atom. The number of hydrogen-bond acceptors (Lipinski definition) is 5. The highest BCUT2D eigenvalue weighted by atomic mass is 32.1. The van der Waals surface area contributed by atoms with Gasteiger partial charge in [-0.05, 0) is 38.1 Å². The molecule has 0 amide bonds. The first-order valence-electron chi connectivity index (χ1n) is 6.45. The summed E-state index contributed by atoms with van der Waals surface area (Å²) in [6.45, 7) is 4.12. The van der Waals surface area contributed by atoms with Gasteiger partial charge in [0.1, 0.15) is 0 Å². The molecule has 6 heteroatoms. The second-order valence-electron chi connectivity index (χ2n) is 4.49. The van der Waals surface area contributed by atoms with E-state index >= 15 is 0 Å². The average molecular weight is 314 g/mol. The van der Waals surface area contributed by atoms with Crippen LogP contribution in [0.25, 0.3) is 0 Å². The fourth-order valence-corrected chi connectivity index (χ4v) is 3.34. The molecule has 0 fully saturated rings. The number of thiazole rings is 1. The fourth-order valence-electron chi connectivity index (χ4n) is 1.77. The van der Waals surface area contributed by atoms with Gasteiger partial charge in [0.25, 0.3) is 0 Å². The van der Waals surface area contributed by atoms with Gasteiger partial charge in [0.05, 0.1) is 23.8 Å². The molecule has 3 aromatic heterocycles. The quantitative estimate of drug-likeness (QED) is 0.679. The molecule has 0 saturated heterocycles. The van der Waals surface area contributed by atoms with Gasteiger partial charge in [-0.25, -0.2) is 9.67 Å². The van der Waals surface area contributed by atoms with Gasteiger partial charge in [0.2, 0.25) is 4.80 Å². The zero-order valence-corrected chi connectivity index (χ0v) is 13.4. The second kappa shape index (κ2) is 6.15. The zero-order valence-electron chi connectivity index (χ0n) is 11.7. The van der Waals surface area contributed by atoms with Gasteiger partial charge in [0, 0.05) is 21.3 Å². The van der Waals surface area contributed by atoms with Crippen molar-refractivity contribution in [2.75, 3.05) is 0 Å². The molecule has 3 aromatic rings. The summed E-state index contributed by atoms with van der Waals surface area (Å²) in [6.07, 6.45) is 5.36. The number of pyridine rings is 1. The van der Waals surface area contributed by atoms with Crippen LogP contribution in [0, 0.1) is 13.8 Å². The predicted octanol–water partition coefficient (Wildman–Crippen LogP) is 3.74. The van der Waals surface area contributed by atoms with E-state index in [1.54, 1.807) is 35.1 Å².